The lowest BCUT2D eigenvalue weighted by Gasteiger charge is -2.08. The minimum Gasteiger partial charge on any atom is -0.121 e. The van der Waals surface area contributed by atoms with E-state index in [1.54, 1.807) is 0 Å². The van der Waals surface area contributed by atoms with Gasteiger partial charge in [0.15, 0.2) is 0 Å². The van der Waals surface area contributed by atoms with Crippen LogP contribution in [-0.2, 0) is 5.75 Å². The van der Waals surface area contributed by atoms with Crippen LogP contribution in [0.4, 0.5) is 0 Å². The standard InChI is InChI=1S/C7H6S/c1-3-7-4-2-6(1)5-8-7/h1-4H,5H2. The summed E-state index contributed by atoms with van der Waals surface area (Å²) in [5, 5.41) is 0. The molecule has 0 saturated heterocycles. The van der Waals surface area contributed by atoms with Crippen LogP contribution in [0.25, 0.3) is 0 Å². The van der Waals surface area contributed by atoms with Crippen LogP contribution in [0.15, 0.2) is 29.2 Å². The van der Waals surface area contributed by atoms with E-state index in [0.29, 0.717) is 0 Å². The van der Waals surface area contributed by atoms with Crippen molar-refractivity contribution < 1.29 is 0 Å². The fourth-order valence-corrected chi connectivity index (χ4v) is 1.70. The maximum atomic E-state index is 2.19. The maximum absolute atomic E-state index is 2.19. The van der Waals surface area contributed by atoms with Crippen molar-refractivity contribution in [3.8, 4) is 0 Å². The van der Waals surface area contributed by atoms with Gasteiger partial charge in [0.25, 0.3) is 0 Å². The minimum atomic E-state index is 1.18. The van der Waals surface area contributed by atoms with Gasteiger partial charge in [-0.15, -0.1) is 11.8 Å². The van der Waals surface area contributed by atoms with Crippen LogP contribution >= 0.6 is 11.8 Å². The zero-order chi connectivity index (χ0) is 5.40. The van der Waals surface area contributed by atoms with Gasteiger partial charge in [-0.3, -0.25) is 0 Å². The fraction of sp³-hybridized carbons (Fsp3) is 0.143. The molecule has 8 heavy (non-hydrogen) atoms. The second kappa shape index (κ2) is 1.52. The number of rotatable bonds is 0. The first-order valence-corrected chi connectivity index (χ1v) is 3.65. The van der Waals surface area contributed by atoms with E-state index in [-0.39, 0.29) is 0 Å². The molecule has 0 amide bonds. The third kappa shape index (κ3) is 0.548. The molecule has 0 N–H and O–H groups in total. The van der Waals surface area contributed by atoms with E-state index in [1.807, 2.05) is 11.8 Å². The lowest BCUT2D eigenvalue weighted by molar-refractivity contribution is 1.29. The van der Waals surface area contributed by atoms with E-state index in [4.69, 9.17) is 0 Å². The molecule has 2 aliphatic heterocycles. The lowest BCUT2D eigenvalue weighted by atomic mass is 10.2. The summed E-state index contributed by atoms with van der Waals surface area (Å²) in [7, 11) is 0. The Bertz CT molecular complexity index is 165. The van der Waals surface area contributed by atoms with Crippen LogP contribution < -0.4 is 0 Å². The van der Waals surface area contributed by atoms with Crippen LogP contribution in [0, 0.1) is 0 Å². The molecule has 40 valence electrons. The highest BCUT2D eigenvalue weighted by atomic mass is 32.2. The fourth-order valence-electron chi connectivity index (χ4n) is 0.849. The molecule has 1 aromatic rings. The van der Waals surface area contributed by atoms with Crippen molar-refractivity contribution >= 4 is 11.8 Å². The Kier molecular flexibility index (Phi) is 0.847. The van der Waals surface area contributed by atoms with Crippen molar-refractivity contribution in [2.45, 2.75) is 10.6 Å². The summed E-state index contributed by atoms with van der Waals surface area (Å²) < 4.78 is 0. The van der Waals surface area contributed by atoms with E-state index in [1.165, 1.54) is 16.2 Å². The Morgan fingerprint density at radius 2 is 1.88 bits per heavy atom. The zero-order valence-electron chi connectivity index (χ0n) is 4.42. The molecule has 1 aromatic carbocycles. The van der Waals surface area contributed by atoms with Crippen LogP contribution in [0.3, 0.4) is 0 Å². The summed E-state index contributed by atoms with van der Waals surface area (Å²) in [6, 6.07) is 8.71. The number of hydrogen-bond donors (Lipinski definition) is 0. The van der Waals surface area contributed by atoms with Crippen LogP contribution in [0.5, 0.6) is 0 Å². The topological polar surface area (TPSA) is 0 Å². The summed E-state index contributed by atoms with van der Waals surface area (Å²) >= 11 is 1.92. The molecule has 2 bridgehead atoms. The molecule has 3 rings (SSSR count). The Morgan fingerprint density at radius 3 is 2.00 bits per heavy atom. The van der Waals surface area contributed by atoms with Crippen LogP contribution in [0.2, 0.25) is 0 Å². The number of thioether (sulfide) groups is 1. The minimum absolute atomic E-state index is 1.18. The number of fused-ring (bicyclic) bond motifs is 3. The average Bonchev–Trinajstić information content (AvgIpc) is 1.92. The van der Waals surface area contributed by atoms with Crippen molar-refractivity contribution in [2.75, 3.05) is 0 Å². The van der Waals surface area contributed by atoms with Gasteiger partial charge in [-0.2, -0.15) is 0 Å². The quantitative estimate of drug-likeness (QED) is 0.508. The molecule has 0 fully saturated rings. The van der Waals surface area contributed by atoms with E-state index in [0.717, 1.165) is 0 Å². The van der Waals surface area contributed by atoms with Gasteiger partial charge in [0, 0.05) is 10.6 Å². The SMILES string of the molecule is c1cc2ccc1CS2. The van der Waals surface area contributed by atoms with Gasteiger partial charge in [-0.1, -0.05) is 12.1 Å². The first-order chi connectivity index (χ1) is 3.95. The summed E-state index contributed by atoms with van der Waals surface area (Å²) in [5.41, 5.74) is 1.45. The first kappa shape index (κ1) is 4.45. The monoisotopic (exact) mass is 122 g/mol. The highest BCUT2D eigenvalue weighted by Crippen LogP contribution is 2.28. The van der Waals surface area contributed by atoms with E-state index in [9.17, 15) is 0 Å². The Hall–Kier alpha value is -0.430. The molecular weight excluding hydrogens is 116 g/mol. The smallest absolute Gasteiger partial charge is 0.0232 e. The molecule has 2 heterocycles. The van der Waals surface area contributed by atoms with Gasteiger partial charge in [0.05, 0.1) is 0 Å². The molecule has 0 aromatic heterocycles. The van der Waals surface area contributed by atoms with Crippen LogP contribution in [0.1, 0.15) is 5.56 Å². The second-order valence-electron chi connectivity index (χ2n) is 1.93. The van der Waals surface area contributed by atoms with Gasteiger partial charge in [-0.05, 0) is 17.7 Å². The third-order valence-electron chi connectivity index (χ3n) is 1.33. The number of hydrogen-bond acceptors (Lipinski definition) is 1. The Balaban J connectivity index is 2.69. The predicted molar refractivity (Wildman–Crippen MR) is 36.0 cm³/mol. The van der Waals surface area contributed by atoms with Crippen molar-refractivity contribution in [3.63, 3.8) is 0 Å². The second-order valence-corrected chi connectivity index (χ2v) is 2.98. The molecule has 2 aliphatic rings. The van der Waals surface area contributed by atoms with Crippen molar-refractivity contribution in [1.29, 1.82) is 0 Å². The molecule has 0 spiro atoms. The van der Waals surface area contributed by atoms with Crippen molar-refractivity contribution in [3.05, 3.63) is 29.8 Å². The zero-order valence-corrected chi connectivity index (χ0v) is 5.24. The lowest BCUT2D eigenvalue weighted by Crippen LogP contribution is -1.86. The Morgan fingerprint density at radius 1 is 1.12 bits per heavy atom. The van der Waals surface area contributed by atoms with Gasteiger partial charge in [0.1, 0.15) is 0 Å². The molecule has 0 atom stereocenters. The van der Waals surface area contributed by atoms with Gasteiger partial charge in [-0.25, -0.2) is 0 Å². The van der Waals surface area contributed by atoms with E-state index in [2.05, 4.69) is 24.3 Å². The molecule has 0 nitrogen and oxygen atoms in total. The van der Waals surface area contributed by atoms with Gasteiger partial charge in [0.2, 0.25) is 0 Å². The Labute approximate surface area is 52.9 Å². The predicted octanol–water partition coefficient (Wildman–Crippen LogP) is 2.29. The molecule has 0 radical (unpaired) electrons. The molecule has 0 aliphatic carbocycles. The summed E-state index contributed by atoms with van der Waals surface area (Å²) in [4.78, 5) is 1.40. The average molecular weight is 122 g/mol. The molecule has 1 heteroatoms. The molecular formula is C7H6S. The third-order valence-corrected chi connectivity index (χ3v) is 2.41. The summed E-state index contributed by atoms with van der Waals surface area (Å²) in [6.45, 7) is 0. The highest BCUT2D eigenvalue weighted by Gasteiger charge is 2.01. The molecule has 0 saturated carbocycles. The van der Waals surface area contributed by atoms with E-state index < -0.39 is 0 Å². The number of benzene rings is 1. The highest BCUT2D eigenvalue weighted by molar-refractivity contribution is 7.98. The summed E-state index contributed by atoms with van der Waals surface area (Å²) in [5.74, 6) is 1.18. The maximum Gasteiger partial charge on any atom is 0.0232 e. The normalized spacial score (nSPS) is 14.5. The summed E-state index contributed by atoms with van der Waals surface area (Å²) in [6.07, 6.45) is 0. The first-order valence-electron chi connectivity index (χ1n) is 2.67. The van der Waals surface area contributed by atoms with Crippen molar-refractivity contribution in [1.82, 2.24) is 0 Å². The van der Waals surface area contributed by atoms with Crippen molar-refractivity contribution in [2.24, 2.45) is 0 Å². The molecule has 0 unspecified atom stereocenters. The van der Waals surface area contributed by atoms with Crippen LogP contribution in [-0.4, -0.2) is 0 Å². The van der Waals surface area contributed by atoms with Gasteiger partial charge >= 0.3 is 0 Å². The van der Waals surface area contributed by atoms with Gasteiger partial charge < -0.3 is 0 Å². The van der Waals surface area contributed by atoms with E-state index >= 15 is 0 Å². The largest absolute Gasteiger partial charge is 0.121 e.